The topological polar surface area (TPSA) is 32.7 Å². The normalized spacial score (nSPS) is 12.4. The molecular formula is C18H22FNO2. The number of likely N-dealkylation sites (N-methyl/N-ethyl adjacent to an activating group) is 1. The molecule has 0 aliphatic carbocycles. The van der Waals surface area contributed by atoms with Crippen LogP contribution in [0.1, 0.15) is 17.2 Å². The molecule has 0 radical (unpaired) electrons. The van der Waals surface area contributed by atoms with Gasteiger partial charge in [0.15, 0.2) is 0 Å². The van der Waals surface area contributed by atoms with Crippen molar-refractivity contribution >= 4 is 0 Å². The molecule has 0 saturated carbocycles. The lowest BCUT2D eigenvalue weighted by molar-refractivity contribution is 0.124. The van der Waals surface area contributed by atoms with E-state index in [-0.39, 0.29) is 6.61 Å². The summed E-state index contributed by atoms with van der Waals surface area (Å²) in [7, 11) is 1.97. The van der Waals surface area contributed by atoms with Crippen LogP contribution in [-0.2, 0) is 6.54 Å². The minimum Gasteiger partial charge on any atom is -0.491 e. The Labute approximate surface area is 131 Å². The molecular weight excluding hydrogens is 281 g/mol. The van der Waals surface area contributed by atoms with E-state index in [4.69, 9.17) is 4.74 Å². The molecule has 0 unspecified atom stereocenters. The van der Waals surface area contributed by atoms with E-state index in [0.29, 0.717) is 12.3 Å². The van der Waals surface area contributed by atoms with Crippen LogP contribution >= 0.6 is 0 Å². The van der Waals surface area contributed by atoms with Crippen LogP contribution < -0.4 is 4.74 Å². The third-order valence-corrected chi connectivity index (χ3v) is 3.39. The van der Waals surface area contributed by atoms with E-state index >= 15 is 0 Å². The average Bonchev–Trinajstić information content (AvgIpc) is 2.55. The number of aliphatic hydroxyl groups is 1. The summed E-state index contributed by atoms with van der Waals surface area (Å²) < 4.78 is 17.2. The van der Waals surface area contributed by atoms with Gasteiger partial charge in [-0.15, -0.1) is 0 Å². The Morgan fingerprint density at radius 2 is 1.77 bits per heavy atom. The summed E-state index contributed by atoms with van der Waals surface area (Å²) in [6.07, 6.45) is -0.502. The summed E-state index contributed by atoms with van der Waals surface area (Å²) in [4.78, 5) is 2.06. The van der Waals surface area contributed by atoms with Crippen LogP contribution in [0.2, 0.25) is 0 Å². The lowest BCUT2D eigenvalue weighted by Gasteiger charge is -2.21. The van der Waals surface area contributed by atoms with Crippen molar-refractivity contribution in [2.75, 3.05) is 26.9 Å². The number of halogens is 1. The molecule has 0 bridgehead atoms. The summed E-state index contributed by atoms with van der Waals surface area (Å²) in [5.74, 6) is 0.674. The maximum absolute atomic E-state index is 12.0. The highest BCUT2D eigenvalue weighted by Gasteiger charge is 2.10. The molecule has 0 aliphatic heterocycles. The zero-order valence-electron chi connectivity index (χ0n) is 12.8. The van der Waals surface area contributed by atoms with E-state index in [1.807, 2.05) is 61.6 Å². The first-order valence-electron chi connectivity index (χ1n) is 7.38. The molecule has 0 saturated heterocycles. The largest absolute Gasteiger partial charge is 0.491 e. The van der Waals surface area contributed by atoms with Gasteiger partial charge in [0.2, 0.25) is 0 Å². The van der Waals surface area contributed by atoms with Crippen molar-refractivity contribution in [3.05, 3.63) is 65.7 Å². The maximum Gasteiger partial charge on any atom is 0.123 e. The van der Waals surface area contributed by atoms with Crippen LogP contribution in [0.3, 0.4) is 0 Å². The van der Waals surface area contributed by atoms with Gasteiger partial charge < -0.3 is 9.84 Å². The predicted octanol–water partition coefficient (Wildman–Crippen LogP) is 3.20. The van der Waals surface area contributed by atoms with Crippen molar-refractivity contribution in [3.63, 3.8) is 0 Å². The third-order valence-electron chi connectivity index (χ3n) is 3.39. The molecule has 0 heterocycles. The highest BCUT2D eigenvalue weighted by molar-refractivity contribution is 5.27. The first-order chi connectivity index (χ1) is 10.7. The van der Waals surface area contributed by atoms with Crippen LogP contribution in [0.15, 0.2) is 54.6 Å². The molecule has 2 aromatic carbocycles. The fourth-order valence-electron chi connectivity index (χ4n) is 2.30. The highest BCUT2D eigenvalue weighted by atomic mass is 19.1. The smallest absolute Gasteiger partial charge is 0.123 e. The lowest BCUT2D eigenvalue weighted by atomic mass is 10.1. The first-order valence-corrected chi connectivity index (χ1v) is 7.38. The van der Waals surface area contributed by atoms with E-state index in [2.05, 4.69) is 4.90 Å². The Bertz CT molecular complexity index is 545. The number of nitrogens with zero attached hydrogens (tertiary/aromatic N) is 1. The number of rotatable bonds is 8. The number of alkyl halides is 1. The maximum atomic E-state index is 12.0. The molecule has 1 atom stereocenters. The second-order valence-electron chi connectivity index (χ2n) is 5.30. The molecule has 118 valence electrons. The van der Waals surface area contributed by atoms with Crippen LogP contribution in [0.5, 0.6) is 5.75 Å². The van der Waals surface area contributed by atoms with Gasteiger partial charge in [-0.2, -0.15) is 0 Å². The third kappa shape index (κ3) is 5.13. The van der Waals surface area contributed by atoms with Gasteiger partial charge >= 0.3 is 0 Å². The van der Waals surface area contributed by atoms with Gasteiger partial charge in [0.05, 0.1) is 6.10 Å². The summed E-state index contributed by atoms with van der Waals surface area (Å²) in [5, 5.41) is 10.2. The van der Waals surface area contributed by atoms with Crippen LogP contribution in [0, 0.1) is 0 Å². The second-order valence-corrected chi connectivity index (χ2v) is 5.30. The molecule has 0 fully saturated rings. The summed E-state index contributed by atoms with van der Waals surface area (Å²) in [6, 6.07) is 17.2. The predicted molar refractivity (Wildman–Crippen MR) is 85.6 cm³/mol. The van der Waals surface area contributed by atoms with Gasteiger partial charge in [-0.05, 0) is 30.3 Å². The molecule has 0 amide bonds. The minimum absolute atomic E-state index is 0.0858. The lowest BCUT2D eigenvalue weighted by Crippen LogP contribution is -2.24. The molecule has 0 aliphatic rings. The molecule has 2 rings (SSSR count). The number of benzene rings is 2. The van der Waals surface area contributed by atoms with Crippen molar-refractivity contribution in [2.45, 2.75) is 12.6 Å². The Hall–Kier alpha value is -1.91. The van der Waals surface area contributed by atoms with Crippen molar-refractivity contribution in [2.24, 2.45) is 0 Å². The highest BCUT2D eigenvalue weighted by Crippen LogP contribution is 2.16. The Morgan fingerprint density at radius 3 is 2.41 bits per heavy atom. The van der Waals surface area contributed by atoms with Gasteiger partial charge in [0.1, 0.15) is 19.0 Å². The molecule has 0 spiro atoms. The van der Waals surface area contributed by atoms with E-state index in [1.165, 1.54) is 0 Å². The standard InChI is InChI=1S/C18H22FNO2/c1-20(14-18(21)16-5-3-2-4-6-16)13-15-7-9-17(10-8-15)22-12-11-19/h2-10,18,21H,11-14H2,1H3/t18-/m1/s1. The molecule has 1 N–H and O–H groups in total. The summed E-state index contributed by atoms with van der Waals surface area (Å²) in [5.41, 5.74) is 2.04. The number of hydrogen-bond acceptors (Lipinski definition) is 3. The van der Waals surface area contributed by atoms with Crippen LogP contribution in [0.25, 0.3) is 0 Å². The fraction of sp³-hybridized carbons (Fsp3) is 0.333. The monoisotopic (exact) mass is 303 g/mol. The van der Waals surface area contributed by atoms with Crippen molar-refractivity contribution in [1.82, 2.24) is 4.90 Å². The van der Waals surface area contributed by atoms with Crippen molar-refractivity contribution in [3.8, 4) is 5.75 Å². The Balaban J connectivity index is 1.85. The fourth-order valence-corrected chi connectivity index (χ4v) is 2.30. The van der Waals surface area contributed by atoms with Gasteiger partial charge in [-0.1, -0.05) is 42.5 Å². The zero-order chi connectivity index (χ0) is 15.8. The number of aliphatic hydroxyl groups excluding tert-OH is 1. The average molecular weight is 303 g/mol. The van der Waals surface area contributed by atoms with Gasteiger partial charge in [0.25, 0.3) is 0 Å². The number of hydrogen-bond donors (Lipinski definition) is 1. The van der Waals surface area contributed by atoms with Crippen molar-refractivity contribution < 1.29 is 14.2 Å². The molecule has 0 aromatic heterocycles. The van der Waals surface area contributed by atoms with Gasteiger partial charge in [-0.25, -0.2) is 4.39 Å². The molecule has 22 heavy (non-hydrogen) atoms. The molecule has 3 nitrogen and oxygen atoms in total. The Kier molecular flexibility index (Phi) is 6.37. The van der Waals surface area contributed by atoms with Crippen LogP contribution in [-0.4, -0.2) is 36.9 Å². The summed E-state index contributed by atoms with van der Waals surface area (Å²) >= 11 is 0. The minimum atomic E-state index is -0.502. The second kappa shape index (κ2) is 8.51. The number of ether oxygens (including phenoxy) is 1. The van der Waals surface area contributed by atoms with E-state index in [1.54, 1.807) is 0 Å². The Morgan fingerprint density at radius 1 is 1.09 bits per heavy atom. The SMILES string of the molecule is CN(Cc1ccc(OCCF)cc1)C[C@@H](O)c1ccccc1. The van der Waals surface area contributed by atoms with E-state index < -0.39 is 12.8 Å². The molecule has 4 heteroatoms. The molecule has 2 aromatic rings. The van der Waals surface area contributed by atoms with Crippen LogP contribution in [0.4, 0.5) is 4.39 Å². The zero-order valence-corrected chi connectivity index (χ0v) is 12.8. The van der Waals surface area contributed by atoms with E-state index in [9.17, 15) is 9.50 Å². The summed E-state index contributed by atoms with van der Waals surface area (Å²) in [6.45, 7) is 0.891. The van der Waals surface area contributed by atoms with Gasteiger partial charge in [0, 0.05) is 13.1 Å². The first kappa shape index (κ1) is 16.5. The van der Waals surface area contributed by atoms with Crippen molar-refractivity contribution in [1.29, 1.82) is 0 Å². The quantitative estimate of drug-likeness (QED) is 0.813. The van der Waals surface area contributed by atoms with Gasteiger partial charge in [-0.3, -0.25) is 4.90 Å². The van der Waals surface area contributed by atoms with E-state index in [0.717, 1.165) is 17.7 Å².